The highest BCUT2D eigenvalue weighted by Gasteiger charge is 1.40. The zero-order chi connectivity index (χ0) is 8.28. The fourth-order valence-electron chi connectivity index (χ4n) is 0. The van der Waals surface area contributed by atoms with Crippen LogP contribution in [0.3, 0.4) is 0 Å². The van der Waals surface area contributed by atoms with Crippen LogP contribution in [-0.2, 0) is 22.2 Å². The Morgan fingerprint density at radius 2 is 1.00 bits per heavy atom. The molecule has 0 unspecified atom stereocenters. The van der Waals surface area contributed by atoms with E-state index in [9.17, 15) is 0 Å². The first kappa shape index (κ1) is 15.7. The van der Waals surface area contributed by atoms with Crippen molar-refractivity contribution in [2.75, 3.05) is 0 Å². The van der Waals surface area contributed by atoms with Crippen molar-refractivity contribution in [1.82, 2.24) is 0 Å². The summed E-state index contributed by atoms with van der Waals surface area (Å²) in [6.45, 7) is 0. The van der Waals surface area contributed by atoms with Gasteiger partial charge in [0.05, 0.1) is 0 Å². The lowest BCUT2D eigenvalue weighted by Gasteiger charge is -1.11. The van der Waals surface area contributed by atoms with Gasteiger partial charge in [-0.1, -0.05) is 5.59 Å². The summed E-state index contributed by atoms with van der Waals surface area (Å²) in [6.07, 6.45) is 0. The zero-order valence-corrected chi connectivity index (χ0v) is 5.40. The van der Waals surface area contributed by atoms with E-state index in [0.717, 1.165) is 0 Å². The van der Waals surface area contributed by atoms with Gasteiger partial charge in [0.1, 0.15) is 0 Å². The van der Waals surface area contributed by atoms with Crippen molar-refractivity contribution in [2.24, 2.45) is 0 Å². The zero-order valence-electron chi connectivity index (χ0n) is 3.77. The van der Waals surface area contributed by atoms with Crippen molar-refractivity contribution in [3.05, 3.63) is 4.91 Å². The van der Waals surface area contributed by atoms with Crippen LogP contribution in [0.2, 0.25) is 0 Å². The molecule has 0 aliphatic heterocycles. The van der Waals surface area contributed by atoms with Gasteiger partial charge in [0.25, 0.3) is 0 Å². The number of hydrogen-bond acceptors (Lipinski definition) is 7. The molecule has 0 atom stereocenters. The highest BCUT2D eigenvalue weighted by Crippen LogP contribution is 1.07. The summed E-state index contributed by atoms with van der Waals surface area (Å²) in [5.74, 6) is 0. The Morgan fingerprint density at radius 3 is 1.00 bits per heavy atom. The third kappa shape index (κ3) is 194. The molecule has 7 nitrogen and oxygen atoms in total. The molecule has 0 radical (unpaired) electrons. The van der Waals surface area contributed by atoms with Gasteiger partial charge >= 0.3 is 22.2 Å². The maximum Gasteiger partial charge on any atom is 0.425 e. The Kier molecular flexibility index (Phi) is 48.4. The number of hydrogen-bond donors (Lipinski definition) is 1. The molecule has 0 aliphatic carbocycles. The molecule has 0 heterocycles. The molecule has 0 bridgehead atoms. The Bertz CT molecular complexity index is 149. The molecule has 9 heavy (non-hydrogen) atoms. The first-order chi connectivity index (χ1) is 4.15. The fraction of sp³-hybridized carbons (Fsp3) is 0. The van der Waals surface area contributed by atoms with Crippen LogP contribution in [0.1, 0.15) is 0 Å². The molecule has 9 heteroatoms. The van der Waals surface area contributed by atoms with Gasteiger partial charge in [0, 0.05) is 0 Å². The van der Waals surface area contributed by atoms with Crippen LogP contribution in [0, 0.1) is 10.5 Å². The molecule has 0 fully saturated rings. The molecule has 0 aromatic carbocycles. The van der Waals surface area contributed by atoms with Crippen molar-refractivity contribution in [3.63, 3.8) is 0 Å². The lowest BCUT2D eigenvalue weighted by atomic mass is 13.8. The average molecular weight is 175 g/mol. The van der Waals surface area contributed by atoms with Crippen LogP contribution in [-0.4, -0.2) is 21.0 Å². The maximum atomic E-state index is 8.44. The van der Waals surface area contributed by atoms with Crippen molar-refractivity contribution >= 4 is 22.2 Å². The van der Waals surface area contributed by atoms with Crippen LogP contribution in [0.15, 0.2) is 0 Å². The van der Waals surface area contributed by atoms with E-state index in [1.165, 1.54) is 0 Å². The number of nitrogens with one attached hydrogen (secondary N) is 1. The van der Waals surface area contributed by atoms with Gasteiger partial charge in [-0.3, -0.25) is 0 Å². The third-order valence-corrected chi connectivity index (χ3v) is 0. The summed E-state index contributed by atoms with van der Waals surface area (Å²) in [5.41, 5.74) is 4.50. The van der Waals surface area contributed by atoms with Crippen molar-refractivity contribution in [2.45, 2.75) is 0 Å². The molecule has 0 aliphatic rings. The van der Waals surface area contributed by atoms with Gasteiger partial charge in [-0.05, 0) is 0 Å². The summed E-state index contributed by atoms with van der Waals surface area (Å²) < 4.78 is 41.9. The molecule has 0 saturated heterocycles. The molecule has 1 N–H and O–H groups in total. The molecule has 0 saturated carbocycles. The van der Waals surface area contributed by atoms with Crippen molar-refractivity contribution in [3.8, 4) is 0 Å². The lowest BCUT2D eigenvalue weighted by molar-refractivity contribution is 0.559. The first-order valence-electron chi connectivity index (χ1n) is 1.04. The van der Waals surface area contributed by atoms with E-state index < -0.39 is 22.2 Å². The summed E-state index contributed by atoms with van der Waals surface area (Å²) in [4.78, 5) is 7.50. The minimum Gasteiger partial charge on any atom is -0.168 e. The van der Waals surface area contributed by atoms with Crippen molar-refractivity contribution < 1.29 is 21.0 Å². The highest BCUT2D eigenvalue weighted by atomic mass is 32.2. The molecule has 54 valence electrons. The van der Waals surface area contributed by atoms with Crippen LogP contribution >= 0.6 is 0 Å². The lowest BCUT2D eigenvalue weighted by Crippen LogP contribution is -1.40. The van der Waals surface area contributed by atoms with E-state index in [-0.39, 0.29) is 0 Å². The molecule has 0 rings (SSSR count). The third-order valence-electron chi connectivity index (χ3n) is 0. The molecular formula is HNO6S2. The Morgan fingerprint density at radius 1 is 1.00 bits per heavy atom. The predicted octanol–water partition coefficient (Wildman–Crippen LogP) is -1.34. The second kappa shape index (κ2) is 27.8. The Balaban J connectivity index is -0.0000000646. The molecular weight excluding hydrogens is 174 g/mol. The molecule has 0 aromatic heterocycles. The van der Waals surface area contributed by atoms with Crippen molar-refractivity contribution in [1.29, 1.82) is 5.59 Å². The van der Waals surface area contributed by atoms with Gasteiger partial charge in [-0.25, -0.2) is 0 Å². The highest BCUT2D eigenvalue weighted by molar-refractivity contribution is 7.59. The monoisotopic (exact) mass is 175 g/mol. The summed E-state index contributed by atoms with van der Waals surface area (Å²) in [5, 5.41) is 0. The standard InChI is InChI=1S/HNO.O3S.O2S/c1-2;1-4(2)3;1-3-2/h1H;;. The van der Waals surface area contributed by atoms with Gasteiger partial charge < -0.3 is 0 Å². The van der Waals surface area contributed by atoms with Crippen LogP contribution in [0.25, 0.3) is 0 Å². The van der Waals surface area contributed by atoms with E-state index >= 15 is 0 Å². The van der Waals surface area contributed by atoms with Gasteiger partial charge in [-0.15, -0.1) is 12.6 Å². The van der Waals surface area contributed by atoms with Gasteiger partial charge in [-0.2, -0.15) is 13.3 Å². The first-order valence-corrected chi connectivity index (χ1v) is 2.70. The van der Waals surface area contributed by atoms with E-state index in [1.807, 2.05) is 0 Å². The quantitative estimate of drug-likeness (QED) is 0.454. The largest absolute Gasteiger partial charge is 0.425 e. The van der Waals surface area contributed by atoms with E-state index in [4.69, 9.17) is 26.0 Å². The maximum absolute atomic E-state index is 8.44. The summed E-state index contributed by atoms with van der Waals surface area (Å²) in [6, 6.07) is 0. The van der Waals surface area contributed by atoms with Crippen LogP contribution in [0.5, 0.6) is 0 Å². The Hall–Kier alpha value is -0.960. The summed E-state index contributed by atoms with van der Waals surface area (Å²) >= 11 is -0.750. The van der Waals surface area contributed by atoms with Crippen LogP contribution < -0.4 is 0 Å². The smallest absolute Gasteiger partial charge is 0.168 e. The topological polar surface area (TPSA) is 126 Å². The van der Waals surface area contributed by atoms with Gasteiger partial charge in [0.15, 0.2) is 0 Å². The summed E-state index contributed by atoms with van der Waals surface area (Å²) in [7, 11) is -3.11. The van der Waals surface area contributed by atoms with E-state index in [0.29, 0.717) is 0 Å². The second-order valence-corrected chi connectivity index (χ2v) is 0.816. The minimum absolute atomic E-state index is 0.750. The normalized spacial score (nSPS) is 4.44. The van der Waals surface area contributed by atoms with E-state index in [1.54, 1.807) is 0 Å². The SMILES string of the molecule is N=O.O=S(=O)=O.O=S=O. The number of rotatable bonds is 0. The van der Waals surface area contributed by atoms with E-state index in [2.05, 4.69) is 5.59 Å². The number of nitroso groups, excluding NO2 is 1. The molecule has 0 amide bonds. The average Bonchev–Trinajstić information content (AvgIpc) is 1.71. The fourth-order valence-corrected chi connectivity index (χ4v) is 0. The van der Waals surface area contributed by atoms with Gasteiger partial charge in [0.2, 0.25) is 0 Å². The van der Waals surface area contributed by atoms with Crippen LogP contribution in [0.4, 0.5) is 0 Å². The molecule has 0 aromatic rings. The second-order valence-electron chi connectivity index (χ2n) is 0.272. The predicted molar refractivity (Wildman–Crippen MR) is 24.7 cm³/mol. The minimum atomic E-state index is -3.11. The Labute approximate surface area is 54.5 Å². The molecule has 0 spiro atoms.